The van der Waals surface area contributed by atoms with Crippen molar-refractivity contribution in [2.24, 2.45) is 0 Å². The third kappa shape index (κ3) is 4.59. The predicted octanol–water partition coefficient (Wildman–Crippen LogP) is 4.13. The third-order valence-corrected chi connectivity index (χ3v) is 18.0. The summed E-state index contributed by atoms with van der Waals surface area (Å²) in [5.74, 6) is 0.0319. The number of hydrogen-bond donors (Lipinski definition) is 2. The van der Waals surface area contributed by atoms with Gasteiger partial charge in [-0.05, 0) is 38.1 Å². The van der Waals surface area contributed by atoms with Gasteiger partial charge >= 0.3 is 22.8 Å². The molecule has 9 nitrogen and oxygen atoms in total. The fraction of sp³-hybridized carbons (Fsp3) is 0.810. The van der Waals surface area contributed by atoms with Crippen LogP contribution in [0.25, 0.3) is 0 Å². The van der Waals surface area contributed by atoms with Crippen LogP contribution < -0.4 is 17.0 Å². The normalized spacial score (nSPS) is 27.2. The molecule has 1 aromatic heterocycles. The molecule has 2 saturated heterocycles. The molecule has 0 aromatic carbocycles. The van der Waals surface area contributed by atoms with Crippen molar-refractivity contribution in [3.63, 3.8) is 0 Å². The van der Waals surface area contributed by atoms with E-state index in [1.807, 2.05) is 0 Å². The molecule has 188 valence electrons. The second-order valence-electron chi connectivity index (χ2n) is 10.3. The summed E-state index contributed by atoms with van der Waals surface area (Å²) in [6.45, 7) is 17.7. The van der Waals surface area contributed by atoms with Crippen molar-refractivity contribution in [1.29, 1.82) is 0 Å². The number of fused-ring (bicyclic) bond motifs is 1. The van der Waals surface area contributed by atoms with Gasteiger partial charge in [0.2, 0.25) is 0 Å². The molecule has 3 N–H and O–H groups in total. The molecule has 0 radical (unpaired) electrons. The number of nitrogens with zero attached hydrogens (tertiary/aromatic N) is 1. The topological polar surface area (TPSA) is 118 Å². The van der Waals surface area contributed by atoms with Crippen molar-refractivity contribution in [1.82, 2.24) is 9.55 Å². The largest absolute Gasteiger partial charge is 0.414 e. The second kappa shape index (κ2) is 9.71. The first-order valence-electron chi connectivity index (χ1n) is 11.7. The zero-order valence-corrected chi connectivity index (χ0v) is 24.4. The summed E-state index contributed by atoms with van der Waals surface area (Å²) in [6, 6.07) is 0. The van der Waals surface area contributed by atoms with Crippen LogP contribution >= 0.6 is 15.9 Å². The van der Waals surface area contributed by atoms with Crippen molar-refractivity contribution >= 4 is 38.9 Å². The molecule has 0 spiro atoms. The van der Waals surface area contributed by atoms with E-state index in [2.05, 4.69) is 76.3 Å². The number of aromatic amines is 1. The first-order chi connectivity index (χ1) is 15.3. The lowest BCUT2D eigenvalue weighted by Crippen LogP contribution is -2.65. The summed E-state index contributed by atoms with van der Waals surface area (Å²) >= 11 is 3.17. The molecule has 2 aliphatic rings. The lowest BCUT2D eigenvalue weighted by Gasteiger charge is -2.51. The number of nitrogen functional groups attached to an aromatic ring is 1. The number of nitrogens with two attached hydrogens (primary N) is 1. The predicted molar refractivity (Wildman–Crippen MR) is 136 cm³/mol. The number of hydrogen-bond acceptors (Lipinski definition) is 7. The molecule has 12 heteroatoms. The van der Waals surface area contributed by atoms with Crippen LogP contribution in [0.4, 0.5) is 5.82 Å². The van der Waals surface area contributed by atoms with Crippen LogP contribution in [0.5, 0.6) is 0 Å². The minimum absolute atomic E-state index is 0.0319. The molecule has 0 saturated carbocycles. The van der Waals surface area contributed by atoms with Crippen LogP contribution in [-0.2, 0) is 17.7 Å². The fourth-order valence-electron chi connectivity index (χ4n) is 5.12. The van der Waals surface area contributed by atoms with Crippen molar-refractivity contribution in [2.75, 3.05) is 12.3 Å². The standard InChI is InChI=1S/C21H38BrN3O6Si2/c1-11(2)32(12(3)4)28-10-16-15(30-33(31-32,13(5)6)14(7)8)9-17(29-16)25-19(23)18(22)20(26)24-21(25)27/h11-17H,9-10,23H2,1-8H3,(H,24,26,27)/t15-,16+,17+/m0/s1. The number of aromatic nitrogens is 2. The number of nitrogens with one attached hydrogen (secondary N) is 1. The van der Waals surface area contributed by atoms with E-state index >= 15 is 0 Å². The molecule has 1 aromatic rings. The minimum atomic E-state index is -2.77. The summed E-state index contributed by atoms with van der Waals surface area (Å²) in [5.41, 5.74) is 5.79. The highest BCUT2D eigenvalue weighted by molar-refractivity contribution is 9.10. The smallest absolute Gasteiger partial charge is 0.335 e. The van der Waals surface area contributed by atoms with Crippen LogP contribution in [-0.4, -0.2) is 45.5 Å². The van der Waals surface area contributed by atoms with Crippen LogP contribution in [0.1, 0.15) is 68.0 Å². The Bertz CT molecular complexity index is 964. The van der Waals surface area contributed by atoms with Crippen LogP contribution in [0, 0.1) is 0 Å². The SMILES string of the molecule is CC(C)[Si]1(C(C)C)OC[C@H]2O[C@@H](n3c(N)c(Br)c(=O)[nH]c3=O)C[C@@H]2O[Si](C(C)C)(C(C)C)O1. The van der Waals surface area contributed by atoms with Gasteiger partial charge in [0.25, 0.3) is 5.56 Å². The highest BCUT2D eigenvalue weighted by atomic mass is 79.9. The van der Waals surface area contributed by atoms with Crippen molar-refractivity contribution < 1.29 is 17.7 Å². The Kier molecular flexibility index (Phi) is 7.89. The molecule has 33 heavy (non-hydrogen) atoms. The van der Waals surface area contributed by atoms with Gasteiger partial charge in [-0.1, -0.05) is 55.4 Å². The molecule has 0 unspecified atom stereocenters. The second-order valence-corrected chi connectivity index (χ2v) is 20.0. The van der Waals surface area contributed by atoms with Gasteiger partial charge in [-0.2, -0.15) is 0 Å². The summed E-state index contributed by atoms with van der Waals surface area (Å²) in [4.78, 5) is 26.8. The Morgan fingerprint density at radius 2 is 1.52 bits per heavy atom. The summed E-state index contributed by atoms with van der Waals surface area (Å²) in [7, 11) is -5.45. The van der Waals surface area contributed by atoms with Gasteiger partial charge in [0.1, 0.15) is 22.6 Å². The summed E-state index contributed by atoms with van der Waals surface area (Å²) in [6.07, 6.45) is -0.950. The highest BCUT2D eigenvalue weighted by Gasteiger charge is 2.60. The molecule has 0 bridgehead atoms. The monoisotopic (exact) mass is 563 g/mol. The number of rotatable bonds is 5. The molecule has 0 aliphatic carbocycles. The molecular weight excluding hydrogens is 526 g/mol. The Morgan fingerprint density at radius 3 is 2.03 bits per heavy atom. The van der Waals surface area contributed by atoms with E-state index in [0.29, 0.717) is 13.0 Å². The van der Waals surface area contributed by atoms with Crippen molar-refractivity contribution in [3.8, 4) is 0 Å². The lowest BCUT2D eigenvalue weighted by molar-refractivity contribution is -0.0560. The average molecular weight is 565 g/mol. The maximum Gasteiger partial charge on any atom is 0.335 e. The van der Waals surface area contributed by atoms with E-state index < -0.39 is 34.6 Å². The quantitative estimate of drug-likeness (QED) is 0.517. The van der Waals surface area contributed by atoms with E-state index in [-0.39, 0.29) is 44.7 Å². The number of ether oxygens (including phenoxy) is 1. The highest BCUT2D eigenvalue weighted by Crippen LogP contribution is 2.48. The molecule has 2 fully saturated rings. The summed E-state index contributed by atoms with van der Waals surface area (Å²) < 4.78 is 28.6. The van der Waals surface area contributed by atoms with Gasteiger partial charge in [0.05, 0.1) is 12.7 Å². The van der Waals surface area contributed by atoms with Crippen molar-refractivity contribution in [3.05, 3.63) is 25.3 Å². The minimum Gasteiger partial charge on any atom is -0.414 e. The van der Waals surface area contributed by atoms with Crippen LogP contribution in [0.15, 0.2) is 14.1 Å². The van der Waals surface area contributed by atoms with Gasteiger partial charge in [-0.25, -0.2) is 4.79 Å². The van der Waals surface area contributed by atoms with E-state index in [1.54, 1.807) is 0 Å². The molecule has 3 rings (SSSR count). The van der Waals surface area contributed by atoms with Gasteiger partial charge < -0.3 is 23.4 Å². The number of halogens is 1. The fourth-order valence-corrected chi connectivity index (χ4v) is 16.6. The first-order valence-corrected chi connectivity index (χ1v) is 16.5. The number of H-pyrrole nitrogens is 1. The number of anilines is 1. The van der Waals surface area contributed by atoms with Crippen LogP contribution in [0.3, 0.4) is 0 Å². The Balaban J connectivity index is 2.07. The molecule has 0 amide bonds. The van der Waals surface area contributed by atoms with Crippen molar-refractivity contribution in [2.45, 2.75) is 102 Å². The molecule has 2 aliphatic heterocycles. The lowest BCUT2D eigenvalue weighted by atomic mass is 10.2. The van der Waals surface area contributed by atoms with Crippen LogP contribution in [0.2, 0.25) is 22.2 Å². The van der Waals surface area contributed by atoms with E-state index in [4.69, 9.17) is 23.4 Å². The Labute approximate surface area is 206 Å². The summed E-state index contributed by atoms with van der Waals surface area (Å²) in [5, 5.41) is 0. The van der Waals surface area contributed by atoms with E-state index in [0.717, 1.165) is 0 Å². The molecule has 3 heterocycles. The third-order valence-electron chi connectivity index (χ3n) is 6.94. The Morgan fingerprint density at radius 1 is 0.970 bits per heavy atom. The average Bonchev–Trinajstić information content (AvgIpc) is 3.07. The van der Waals surface area contributed by atoms with Gasteiger partial charge in [-0.15, -0.1) is 0 Å². The molecular formula is C21H38BrN3O6Si2. The Hall–Kier alpha value is -0.766. The van der Waals surface area contributed by atoms with E-state index in [9.17, 15) is 9.59 Å². The maximum atomic E-state index is 12.6. The van der Waals surface area contributed by atoms with Gasteiger partial charge in [-0.3, -0.25) is 14.3 Å². The zero-order chi connectivity index (χ0) is 24.9. The van der Waals surface area contributed by atoms with Gasteiger partial charge in [0, 0.05) is 6.42 Å². The first kappa shape index (κ1) is 26.8. The maximum absolute atomic E-state index is 12.6. The van der Waals surface area contributed by atoms with Gasteiger partial charge in [0.15, 0.2) is 0 Å². The van der Waals surface area contributed by atoms with E-state index in [1.165, 1.54) is 4.57 Å². The zero-order valence-electron chi connectivity index (χ0n) is 20.8. The molecule has 3 atom stereocenters.